The summed E-state index contributed by atoms with van der Waals surface area (Å²) in [7, 11) is 0. The minimum Gasteiger partial charge on any atom is -0.326 e. The molecule has 1 aliphatic rings. The van der Waals surface area contributed by atoms with Crippen LogP contribution in [0.15, 0.2) is 0 Å². The van der Waals surface area contributed by atoms with E-state index in [1.54, 1.807) is 0 Å². The molecule has 5 heavy (non-hydrogen) atoms. The van der Waals surface area contributed by atoms with Gasteiger partial charge in [0.1, 0.15) is 0 Å². The van der Waals surface area contributed by atoms with Crippen LogP contribution in [0.1, 0.15) is 1.37 Å². The van der Waals surface area contributed by atoms with E-state index in [4.69, 9.17) is 7.10 Å². The molecule has 1 heterocycles. The molecule has 0 amide bonds. The highest BCUT2D eigenvalue weighted by Gasteiger charge is 2.08. The van der Waals surface area contributed by atoms with Gasteiger partial charge in [-0.1, -0.05) is 0 Å². The first-order chi connectivity index (χ1) is 2.71. The second-order valence-corrected chi connectivity index (χ2v) is 1.26. The molecule has 0 unspecified atom stereocenters. The average Bonchev–Trinajstić information content (AvgIpc) is 1.32. The lowest BCUT2D eigenvalue weighted by molar-refractivity contribution is 0.445. The predicted molar refractivity (Wildman–Crippen MR) is 20.8 cm³/mol. The van der Waals surface area contributed by atoms with Crippen LogP contribution >= 0.6 is 0 Å². The Morgan fingerprint density at radius 2 is 2.40 bits per heavy atom. The SMILES string of the molecule is [2H]C1(N)CNC1. The van der Waals surface area contributed by atoms with E-state index in [1.807, 2.05) is 0 Å². The topological polar surface area (TPSA) is 38.0 Å². The van der Waals surface area contributed by atoms with Gasteiger partial charge in [-0.15, -0.1) is 0 Å². The summed E-state index contributed by atoms with van der Waals surface area (Å²) in [5.74, 6) is 0. The minimum atomic E-state index is -0.639. The van der Waals surface area contributed by atoms with Gasteiger partial charge in [-0.05, 0) is 0 Å². The van der Waals surface area contributed by atoms with Crippen LogP contribution < -0.4 is 11.1 Å². The number of hydrogen-bond donors (Lipinski definition) is 2. The van der Waals surface area contributed by atoms with E-state index >= 15 is 0 Å². The van der Waals surface area contributed by atoms with E-state index in [9.17, 15) is 0 Å². The molecule has 0 aromatic carbocycles. The van der Waals surface area contributed by atoms with Gasteiger partial charge in [-0.25, -0.2) is 0 Å². The Bertz CT molecular complexity index is 55.8. The van der Waals surface area contributed by atoms with E-state index in [0.29, 0.717) is 13.1 Å². The van der Waals surface area contributed by atoms with E-state index in [-0.39, 0.29) is 0 Å². The first-order valence-electron chi connectivity index (χ1n) is 2.20. The van der Waals surface area contributed by atoms with Gasteiger partial charge >= 0.3 is 0 Å². The Morgan fingerprint density at radius 1 is 2.00 bits per heavy atom. The van der Waals surface area contributed by atoms with Crippen molar-refractivity contribution in [1.29, 1.82) is 0 Å². The normalized spacial score (nSPS) is 35.0. The van der Waals surface area contributed by atoms with E-state index in [1.165, 1.54) is 0 Å². The van der Waals surface area contributed by atoms with Gasteiger partial charge in [-0.3, -0.25) is 0 Å². The van der Waals surface area contributed by atoms with Crippen molar-refractivity contribution < 1.29 is 1.37 Å². The fourth-order valence-electron chi connectivity index (χ4n) is 0.269. The Hall–Kier alpha value is -0.0800. The fourth-order valence-corrected chi connectivity index (χ4v) is 0.269. The summed E-state index contributed by atoms with van der Waals surface area (Å²) in [4.78, 5) is 0. The molecular formula is C3H8N2. The Kier molecular flexibility index (Phi) is 0.411. The minimum absolute atomic E-state index is 0.639. The van der Waals surface area contributed by atoms with Gasteiger partial charge in [0.15, 0.2) is 0 Å². The van der Waals surface area contributed by atoms with Crippen LogP contribution in [0.2, 0.25) is 0 Å². The number of nitrogens with two attached hydrogens (primary N) is 1. The number of nitrogens with one attached hydrogen (secondary N) is 1. The van der Waals surface area contributed by atoms with Crippen molar-refractivity contribution >= 4 is 0 Å². The lowest BCUT2D eigenvalue weighted by Gasteiger charge is -2.21. The first-order valence-corrected chi connectivity index (χ1v) is 1.70. The highest BCUT2D eigenvalue weighted by atomic mass is 15.0. The van der Waals surface area contributed by atoms with Gasteiger partial charge in [0.05, 0.1) is 0 Å². The smallest absolute Gasteiger partial charge is 0.0489 e. The van der Waals surface area contributed by atoms with Crippen molar-refractivity contribution in [2.75, 3.05) is 13.1 Å². The molecule has 2 heteroatoms. The molecule has 3 N–H and O–H groups in total. The molecule has 30 valence electrons. The largest absolute Gasteiger partial charge is 0.326 e. The average molecular weight is 73.1 g/mol. The van der Waals surface area contributed by atoms with Crippen LogP contribution in [0.3, 0.4) is 0 Å². The second-order valence-electron chi connectivity index (χ2n) is 1.26. The monoisotopic (exact) mass is 73.1 g/mol. The molecule has 0 aromatic rings. The molecule has 0 aliphatic carbocycles. The molecule has 0 radical (unpaired) electrons. The Labute approximate surface area is 32.8 Å². The molecule has 1 saturated heterocycles. The summed E-state index contributed by atoms with van der Waals surface area (Å²) in [5.41, 5.74) is 5.23. The maximum absolute atomic E-state index is 6.98. The molecule has 0 aromatic heterocycles. The van der Waals surface area contributed by atoms with Crippen molar-refractivity contribution in [2.24, 2.45) is 5.73 Å². The zero-order chi connectivity index (χ0) is 4.62. The summed E-state index contributed by atoms with van der Waals surface area (Å²) >= 11 is 0. The summed E-state index contributed by atoms with van der Waals surface area (Å²) < 4.78 is 6.98. The molecule has 0 bridgehead atoms. The van der Waals surface area contributed by atoms with Gasteiger partial charge in [0, 0.05) is 20.5 Å². The van der Waals surface area contributed by atoms with Gasteiger partial charge in [0.2, 0.25) is 0 Å². The summed E-state index contributed by atoms with van der Waals surface area (Å²) in [6.45, 7) is 1.29. The molecule has 0 atom stereocenters. The van der Waals surface area contributed by atoms with Crippen molar-refractivity contribution in [3.05, 3.63) is 0 Å². The summed E-state index contributed by atoms with van der Waals surface area (Å²) in [5, 5.41) is 2.89. The van der Waals surface area contributed by atoms with Crippen molar-refractivity contribution in [1.82, 2.24) is 5.32 Å². The van der Waals surface area contributed by atoms with Crippen LogP contribution in [0.4, 0.5) is 0 Å². The zero-order valence-corrected chi connectivity index (χ0v) is 2.99. The first kappa shape index (κ1) is 2.16. The highest BCUT2D eigenvalue weighted by molar-refractivity contribution is 4.76. The Balaban J connectivity index is 2.31. The third kappa shape index (κ3) is 0.412. The van der Waals surface area contributed by atoms with Gasteiger partial charge < -0.3 is 11.1 Å². The molecule has 1 rings (SSSR count). The second kappa shape index (κ2) is 0.954. The zero-order valence-electron chi connectivity index (χ0n) is 3.99. The van der Waals surface area contributed by atoms with E-state index < -0.39 is 6.02 Å². The number of hydrogen-bond acceptors (Lipinski definition) is 2. The lowest BCUT2D eigenvalue weighted by atomic mass is 10.2. The third-order valence-electron chi connectivity index (χ3n) is 0.704. The van der Waals surface area contributed by atoms with Crippen molar-refractivity contribution in [3.63, 3.8) is 0 Å². The summed E-state index contributed by atoms with van der Waals surface area (Å²) in [6.07, 6.45) is 0. The Morgan fingerprint density at radius 3 is 2.40 bits per heavy atom. The fraction of sp³-hybridized carbons (Fsp3) is 1.00. The van der Waals surface area contributed by atoms with Crippen LogP contribution in [0, 0.1) is 0 Å². The maximum atomic E-state index is 6.98. The van der Waals surface area contributed by atoms with Crippen LogP contribution in [0.25, 0.3) is 0 Å². The quantitative estimate of drug-likeness (QED) is 0.382. The van der Waals surface area contributed by atoms with E-state index in [2.05, 4.69) is 5.32 Å². The standard InChI is InChI=1S/C3H8N2/c4-3-1-5-2-3/h3,5H,1-2,4H2/i3D. The van der Waals surface area contributed by atoms with Crippen LogP contribution in [-0.4, -0.2) is 19.1 Å². The molecule has 0 spiro atoms. The van der Waals surface area contributed by atoms with E-state index in [0.717, 1.165) is 0 Å². The predicted octanol–water partition coefficient (Wildman–Crippen LogP) is -1.08. The molecule has 2 nitrogen and oxygen atoms in total. The molecule has 1 fully saturated rings. The highest BCUT2D eigenvalue weighted by Crippen LogP contribution is 1.80. The van der Waals surface area contributed by atoms with Crippen molar-refractivity contribution in [2.45, 2.75) is 6.02 Å². The van der Waals surface area contributed by atoms with Crippen LogP contribution in [-0.2, 0) is 0 Å². The molecular weight excluding hydrogens is 64.0 g/mol. The molecule has 1 aliphatic heterocycles. The van der Waals surface area contributed by atoms with Gasteiger partial charge in [-0.2, -0.15) is 0 Å². The lowest BCUT2D eigenvalue weighted by Crippen LogP contribution is -2.52. The van der Waals surface area contributed by atoms with Crippen molar-refractivity contribution in [3.8, 4) is 0 Å². The molecule has 0 saturated carbocycles. The third-order valence-corrected chi connectivity index (χ3v) is 0.704. The maximum Gasteiger partial charge on any atom is 0.0489 e. The van der Waals surface area contributed by atoms with Crippen LogP contribution in [0.5, 0.6) is 0 Å². The summed E-state index contributed by atoms with van der Waals surface area (Å²) in [6, 6.07) is -0.639. The van der Waals surface area contributed by atoms with Gasteiger partial charge in [0.25, 0.3) is 0 Å². The number of rotatable bonds is 0.